The second-order valence-electron chi connectivity index (χ2n) is 7.29. The maximum Gasteiger partial charge on any atom is 0.204 e. The van der Waals surface area contributed by atoms with Crippen molar-refractivity contribution in [3.63, 3.8) is 0 Å². The fourth-order valence-corrected chi connectivity index (χ4v) is 4.45. The van der Waals surface area contributed by atoms with Gasteiger partial charge in [-0.25, -0.2) is 23.4 Å². The molecule has 5 rings (SSSR count). The zero-order chi connectivity index (χ0) is 23.0. The molecule has 5 aromatic rings. The second kappa shape index (κ2) is 8.22. The molecule has 0 bridgehead atoms. The molecule has 9 nitrogen and oxygen atoms in total. The van der Waals surface area contributed by atoms with Gasteiger partial charge in [0.25, 0.3) is 0 Å². The molecule has 0 aliphatic heterocycles. The third kappa shape index (κ3) is 4.01. The Bertz CT molecular complexity index is 1400. The molecule has 33 heavy (non-hydrogen) atoms. The Morgan fingerprint density at radius 1 is 1.09 bits per heavy atom. The van der Waals surface area contributed by atoms with Gasteiger partial charge < -0.3 is 5.11 Å². The normalized spacial score (nSPS) is 13.2. The molecule has 166 valence electrons. The van der Waals surface area contributed by atoms with E-state index in [-0.39, 0.29) is 12.1 Å². The summed E-state index contributed by atoms with van der Waals surface area (Å²) in [5.74, 6) is -1.10. The van der Waals surface area contributed by atoms with E-state index in [2.05, 4.69) is 30.5 Å². The van der Waals surface area contributed by atoms with Crippen molar-refractivity contribution in [2.45, 2.75) is 12.1 Å². The van der Waals surface area contributed by atoms with Crippen molar-refractivity contribution in [3.8, 4) is 22.0 Å². The molecule has 3 heterocycles. The van der Waals surface area contributed by atoms with Crippen LogP contribution >= 0.6 is 11.3 Å². The van der Waals surface area contributed by atoms with Crippen LogP contribution in [-0.2, 0) is 19.2 Å². The molecule has 1 N–H and O–H groups in total. The van der Waals surface area contributed by atoms with Gasteiger partial charge in [0.2, 0.25) is 5.82 Å². The molecule has 1 atom stereocenters. The van der Waals surface area contributed by atoms with Crippen LogP contribution in [0.4, 0.5) is 8.78 Å². The molecule has 0 saturated carbocycles. The fraction of sp³-hybridized carbons (Fsp3) is 0.143. The van der Waals surface area contributed by atoms with Gasteiger partial charge in [-0.1, -0.05) is 24.3 Å². The Balaban J connectivity index is 1.52. The van der Waals surface area contributed by atoms with Crippen LogP contribution in [0.1, 0.15) is 10.4 Å². The molecule has 0 radical (unpaired) electrons. The highest BCUT2D eigenvalue weighted by Crippen LogP contribution is 2.39. The summed E-state index contributed by atoms with van der Waals surface area (Å²) in [5.41, 5.74) is -0.342. The van der Waals surface area contributed by atoms with Crippen LogP contribution in [0.3, 0.4) is 0 Å². The van der Waals surface area contributed by atoms with Crippen molar-refractivity contribution >= 4 is 11.3 Å². The Morgan fingerprint density at radius 3 is 2.55 bits per heavy atom. The minimum absolute atomic E-state index is 0.0846. The van der Waals surface area contributed by atoms with Crippen molar-refractivity contribution in [2.24, 2.45) is 7.05 Å². The van der Waals surface area contributed by atoms with Gasteiger partial charge in [0.05, 0.1) is 18.5 Å². The smallest absolute Gasteiger partial charge is 0.204 e. The highest BCUT2D eigenvalue weighted by molar-refractivity contribution is 7.15. The number of aryl methyl sites for hydroxylation is 1. The number of rotatable bonds is 6. The highest BCUT2D eigenvalue weighted by atomic mass is 32.1. The van der Waals surface area contributed by atoms with Crippen molar-refractivity contribution in [1.29, 1.82) is 0 Å². The van der Waals surface area contributed by atoms with E-state index in [9.17, 15) is 13.9 Å². The van der Waals surface area contributed by atoms with E-state index in [0.29, 0.717) is 15.7 Å². The number of hydrogen-bond donors (Lipinski definition) is 1. The predicted octanol–water partition coefficient (Wildman–Crippen LogP) is 2.81. The first kappa shape index (κ1) is 21.0. The Hall–Kier alpha value is -3.90. The van der Waals surface area contributed by atoms with E-state index in [1.165, 1.54) is 45.7 Å². The van der Waals surface area contributed by atoms with Gasteiger partial charge in [-0.15, -0.1) is 21.5 Å². The number of halogens is 2. The summed E-state index contributed by atoms with van der Waals surface area (Å²) in [5, 5.41) is 28.3. The summed E-state index contributed by atoms with van der Waals surface area (Å²) in [4.78, 5) is 10.1. The van der Waals surface area contributed by atoms with E-state index >= 15 is 0 Å². The lowest BCUT2D eigenvalue weighted by Gasteiger charge is -2.27. The fourth-order valence-electron chi connectivity index (χ4n) is 3.43. The molecule has 12 heteroatoms. The van der Waals surface area contributed by atoms with Crippen LogP contribution < -0.4 is 0 Å². The largest absolute Gasteiger partial charge is 0.377 e. The lowest BCUT2D eigenvalue weighted by Crippen LogP contribution is -2.33. The van der Waals surface area contributed by atoms with Gasteiger partial charge in [0.1, 0.15) is 34.9 Å². The first-order chi connectivity index (χ1) is 15.9. The molecule has 0 amide bonds. The summed E-state index contributed by atoms with van der Waals surface area (Å²) in [6, 6.07) is 10.5. The summed E-state index contributed by atoms with van der Waals surface area (Å²) < 4.78 is 29.6. The van der Waals surface area contributed by atoms with Crippen molar-refractivity contribution in [3.05, 3.63) is 83.4 Å². The predicted molar refractivity (Wildman–Crippen MR) is 115 cm³/mol. The third-order valence-electron chi connectivity index (χ3n) is 5.05. The van der Waals surface area contributed by atoms with Gasteiger partial charge >= 0.3 is 0 Å². The second-order valence-corrected chi connectivity index (χ2v) is 8.32. The standard InChI is InChI=1S/C21H16F2N8OS/c1-30-28-19(27-29-30)13-2-4-14(5-3-13)20-25-9-18(33-20)21(32,10-31-12-24-11-26-31)16-7-6-15(22)8-17(16)23/h2-9,11-12,32H,10H2,1H3. The molecular formula is C21H16F2N8OS. The Labute approximate surface area is 190 Å². The average molecular weight is 466 g/mol. The van der Waals surface area contributed by atoms with Crippen LogP contribution in [0.25, 0.3) is 22.0 Å². The summed E-state index contributed by atoms with van der Waals surface area (Å²) in [7, 11) is 1.69. The molecule has 0 aliphatic rings. The summed E-state index contributed by atoms with van der Waals surface area (Å²) >= 11 is 1.20. The molecule has 0 spiro atoms. The van der Waals surface area contributed by atoms with Crippen LogP contribution in [0.5, 0.6) is 0 Å². The van der Waals surface area contributed by atoms with E-state index in [1.807, 2.05) is 24.3 Å². The van der Waals surface area contributed by atoms with Gasteiger partial charge in [-0.3, -0.25) is 0 Å². The zero-order valence-corrected chi connectivity index (χ0v) is 18.0. The lowest BCUT2D eigenvalue weighted by molar-refractivity contribution is 0.0569. The Kier molecular flexibility index (Phi) is 5.23. The molecule has 0 aliphatic carbocycles. The monoisotopic (exact) mass is 466 g/mol. The van der Waals surface area contributed by atoms with Crippen LogP contribution in [0.2, 0.25) is 0 Å². The molecule has 1 unspecified atom stereocenters. The van der Waals surface area contributed by atoms with Crippen molar-refractivity contribution < 1.29 is 13.9 Å². The minimum Gasteiger partial charge on any atom is -0.377 e. The lowest BCUT2D eigenvalue weighted by atomic mass is 9.92. The number of nitrogens with zero attached hydrogens (tertiary/aromatic N) is 8. The van der Waals surface area contributed by atoms with E-state index in [0.717, 1.165) is 23.3 Å². The molecule has 2 aromatic carbocycles. The maximum absolute atomic E-state index is 14.7. The van der Waals surface area contributed by atoms with E-state index in [1.54, 1.807) is 7.05 Å². The SMILES string of the molecule is Cn1nnc(-c2ccc(-c3ncc(C(O)(Cn4cncn4)c4ccc(F)cc4F)s3)cc2)n1. The number of aromatic nitrogens is 8. The molecule has 0 fully saturated rings. The first-order valence-electron chi connectivity index (χ1n) is 9.74. The quantitative estimate of drug-likeness (QED) is 0.410. The molecule has 0 saturated heterocycles. The van der Waals surface area contributed by atoms with Gasteiger partial charge in [0, 0.05) is 29.0 Å². The number of benzene rings is 2. The number of tetrazole rings is 1. The topological polar surface area (TPSA) is 107 Å². The summed E-state index contributed by atoms with van der Waals surface area (Å²) in [6.45, 7) is -0.130. The number of hydrogen-bond acceptors (Lipinski definition) is 8. The summed E-state index contributed by atoms with van der Waals surface area (Å²) in [6.07, 6.45) is 4.21. The third-order valence-corrected chi connectivity index (χ3v) is 6.24. The number of aliphatic hydroxyl groups is 1. The minimum atomic E-state index is -1.84. The number of thiazole rings is 1. The van der Waals surface area contributed by atoms with Crippen LogP contribution in [0.15, 0.2) is 61.3 Å². The molecule has 3 aromatic heterocycles. The van der Waals surface area contributed by atoms with E-state index < -0.39 is 17.2 Å². The maximum atomic E-state index is 14.7. The average Bonchev–Trinajstić information content (AvgIpc) is 3.56. The van der Waals surface area contributed by atoms with Crippen LogP contribution in [0, 0.1) is 11.6 Å². The first-order valence-corrected chi connectivity index (χ1v) is 10.6. The van der Waals surface area contributed by atoms with Crippen LogP contribution in [-0.4, -0.2) is 45.1 Å². The van der Waals surface area contributed by atoms with Gasteiger partial charge in [-0.2, -0.15) is 9.90 Å². The molecular weight excluding hydrogens is 450 g/mol. The Morgan fingerprint density at radius 2 is 1.88 bits per heavy atom. The van der Waals surface area contributed by atoms with Gasteiger partial charge in [-0.05, 0) is 17.3 Å². The van der Waals surface area contributed by atoms with E-state index in [4.69, 9.17) is 0 Å². The van der Waals surface area contributed by atoms with Crippen molar-refractivity contribution in [1.82, 2.24) is 40.0 Å². The zero-order valence-electron chi connectivity index (χ0n) is 17.2. The van der Waals surface area contributed by atoms with Gasteiger partial charge in [0.15, 0.2) is 0 Å². The highest BCUT2D eigenvalue weighted by Gasteiger charge is 2.37. The van der Waals surface area contributed by atoms with Crippen molar-refractivity contribution in [2.75, 3.05) is 0 Å².